The zero-order valence-corrected chi connectivity index (χ0v) is 19.9. The molecule has 0 radical (unpaired) electrons. The molecule has 3 aromatic rings. The van der Waals surface area contributed by atoms with Gasteiger partial charge in [-0.2, -0.15) is 16.1 Å². The summed E-state index contributed by atoms with van der Waals surface area (Å²) in [4.78, 5) is 13.2. The number of fused-ring (bicyclic) bond motifs is 1. The first kappa shape index (κ1) is 23.7. The lowest BCUT2D eigenvalue weighted by molar-refractivity contribution is -0.126. The van der Waals surface area contributed by atoms with Crippen LogP contribution in [-0.2, 0) is 14.8 Å². The molecule has 1 aliphatic heterocycles. The van der Waals surface area contributed by atoms with Crippen molar-refractivity contribution < 1.29 is 17.6 Å². The Morgan fingerprint density at radius 2 is 2.03 bits per heavy atom. The van der Waals surface area contributed by atoms with Gasteiger partial charge in [-0.15, -0.1) is 10.2 Å². The van der Waals surface area contributed by atoms with Gasteiger partial charge in [0.2, 0.25) is 15.9 Å². The number of carbonyl (C=O) groups is 1. The van der Waals surface area contributed by atoms with Crippen LogP contribution >= 0.6 is 11.8 Å². The molecular weight excluding hydrogens is 465 g/mol. The number of aromatic nitrogens is 3. The number of halogens is 1. The summed E-state index contributed by atoms with van der Waals surface area (Å²) in [5.74, 6) is 0.294. The zero-order chi connectivity index (χ0) is 23.4. The minimum absolute atomic E-state index is 0.0257. The summed E-state index contributed by atoms with van der Waals surface area (Å²) < 4.78 is 42.4. The Bertz CT molecular complexity index is 1220. The van der Waals surface area contributed by atoms with Gasteiger partial charge in [0, 0.05) is 19.3 Å². The van der Waals surface area contributed by atoms with Crippen LogP contribution in [-0.4, -0.2) is 58.3 Å². The number of hydrogen-bond donors (Lipinski definition) is 1. The number of hydrogen-bond acceptors (Lipinski definition) is 6. The van der Waals surface area contributed by atoms with E-state index in [9.17, 15) is 17.6 Å². The lowest BCUT2D eigenvalue weighted by Crippen LogP contribution is -2.46. The number of sulfonamides is 1. The highest BCUT2D eigenvalue weighted by Gasteiger charge is 2.34. The molecule has 0 spiro atoms. The molecule has 1 aromatic carbocycles. The minimum Gasteiger partial charge on any atom is -0.346 e. The second kappa shape index (κ2) is 10.2. The van der Waals surface area contributed by atoms with Crippen molar-refractivity contribution in [3.63, 3.8) is 0 Å². The van der Waals surface area contributed by atoms with Crippen molar-refractivity contribution in [2.75, 3.05) is 25.1 Å². The molecular formula is C22H26FN5O3S2. The predicted molar refractivity (Wildman–Crippen MR) is 125 cm³/mol. The Kier molecular flexibility index (Phi) is 7.30. The third kappa shape index (κ3) is 5.20. The van der Waals surface area contributed by atoms with E-state index in [2.05, 4.69) is 15.5 Å². The molecule has 33 heavy (non-hydrogen) atoms. The van der Waals surface area contributed by atoms with Gasteiger partial charge in [-0.3, -0.25) is 9.20 Å². The first-order valence-electron chi connectivity index (χ1n) is 10.7. The highest BCUT2D eigenvalue weighted by molar-refractivity contribution is 7.98. The molecule has 0 aliphatic carbocycles. The number of piperidine rings is 1. The van der Waals surface area contributed by atoms with Crippen molar-refractivity contribution in [1.29, 1.82) is 0 Å². The SMILES string of the molecule is CSCCC(NC(=O)C1CCCN(S(=O)(=O)c2ccc(F)cc2)C1)c1nnc2ccccn12. The molecule has 1 amide bonds. The highest BCUT2D eigenvalue weighted by Crippen LogP contribution is 2.26. The van der Waals surface area contributed by atoms with Gasteiger partial charge < -0.3 is 5.32 Å². The van der Waals surface area contributed by atoms with E-state index in [0.29, 0.717) is 37.3 Å². The van der Waals surface area contributed by atoms with Crippen molar-refractivity contribution in [3.05, 3.63) is 60.3 Å². The molecule has 2 atom stereocenters. The third-order valence-corrected chi connectivity index (χ3v) is 8.31. The smallest absolute Gasteiger partial charge is 0.243 e. The normalized spacial score (nSPS) is 18.3. The quantitative estimate of drug-likeness (QED) is 0.521. The third-order valence-electron chi connectivity index (χ3n) is 5.79. The molecule has 1 aliphatic rings. The second-order valence-corrected chi connectivity index (χ2v) is 10.9. The summed E-state index contributed by atoms with van der Waals surface area (Å²) in [5, 5.41) is 11.6. The van der Waals surface area contributed by atoms with Gasteiger partial charge in [0.15, 0.2) is 11.5 Å². The Balaban J connectivity index is 1.50. The van der Waals surface area contributed by atoms with E-state index in [-0.39, 0.29) is 23.4 Å². The van der Waals surface area contributed by atoms with Crippen molar-refractivity contribution in [2.24, 2.45) is 5.92 Å². The van der Waals surface area contributed by atoms with Gasteiger partial charge in [0.1, 0.15) is 5.82 Å². The summed E-state index contributed by atoms with van der Waals surface area (Å²) in [6.07, 6.45) is 5.70. The van der Waals surface area contributed by atoms with Gasteiger partial charge in [-0.1, -0.05) is 6.07 Å². The Morgan fingerprint density at radius 3 is 2.79 bits per heavy atom. The maximum atomic E-state index is 13.2. The van der Waals surface area contributed by atoms with Crippen LogP contribution in [0.25, 0.3) is 5.65 Å². The van der Waals surface area contributed by atoms with Gasteiger partial charge in [0.25, 0.3) is 0 Å². The van der Waals surface area contributed by atoms with Gasteiger partial charge >= 0.3 is 0 Å². The molecule has 0 bridgehead atoms. The molecule has 1 saturated heterocycles. The van der Waals surface area contributed by atoms with Crippen LogP contribution in [0.1, 0.15) is 31.1 Å². The summed E-state index contributed by atoms with van der Waals surface area (Å²) in [6, 6.07) is 10.0. The molecule has 176 valence electrons. The maximum absolute atomic E-state index is 13.2. The molecule has 1 fully saturated rings. The largest absolute Gasteiger partial charge is 0.346 e. The first-order chi connectivity index (χ1) is 15.9. The number of thioether (sulfide) groups is 1. The number of nitrogens with zero attached hydrogens (tertiary/aromatic N) is 4. The second-order valence-electron chi connectivity index (χ2n) is 7.99. The number of pyridine rings is 1. The van der Waals surface area contributed by atoms with Crippen molar-refractivity contribution in [2.45, 2.75) is 30.2 Å². The monoisotopic (exact) mass is 491 g/mol. The molecule has 0 saturated carbocycles. The fourth-order valence-electron chi connectivity index (χ4n) is 4.02. The van der Waals surface area contributed by atoms with E-state index in [1.807, 2.05) is 35.1 Å². The average molecular weight is 492 g/mol. The molecule has 3 heterocycles. The van der Waals surface area contributed by atoms with E-state index >= 15 is 0 Å². The minimum atomic E-state index is -3.80. The maximum Gasteiger partial charge on any atom is 0.243 e. The van der Waals surface area contributed by atoms with Crippen LogP contribution in [0, 0.1) is 11.7 Å². The fourth-order valence-corrected chi connectivity index (χ4v) is 6.01. The molecule has 11 heteroatoms. The number of carbonyl (C=O) groups excluding carboxylic acids is 1. The van der Waals surface area contributed by atoms with Gasteiger partial charge in [-0.05, 0) is 67.7 Å². The highest BCUT2D eigenvalue weighted by atomic mass is 32.2. The van der Waals surface area contributed by atoms with E-state index in [0.717, 1.165) is 17.9 Å². The lowest BCUT2D eigenvalue weighted by atomic mass is 9.98. The summed E-state index contributed by atoms with van der Waals surface area (Å²) in [5.41, 5.74) is 0.699. The van der Waals surface area contributed by atoms with Crippen LogP contribution in [0.3, 0.4) is 0 Å². The van der Waals surface area contributed by atoms with Crippen molar-refractivity contribution in [3.8, 4) is 0 Å². The predicted octanol–water partition coefficient (Wildman–Crippen LogP) is 2.88. The van der Waals surface area contributed by atoms with Crippen LogP contribution in [0.4, 0.5) is 4.39 Å². The lowest BCUT2D eigenvalue weighted by Gasteiger charge is -2.32. The van der Waals surface area contributed by atoms with E-state index in [1.54, 1.807) is 11.8 Å². The molecule has 2 unspecified atom stereocenters. The summed E-state index contributed by atoms with van der Waals surface area (Å²) >= 11 is 1.67. The van der Waals surface area contributed by atoms with Crippen molar-refractivity contribution >= 4 is 33.3 Å². The Hall–Kier alpha value is -2.50. The number of benzene rings is 1. The van der Waals surface area contributed by atoms with E-state index in [4.69, 9.17) is 0 Å². The molecule has 2 aromatic heterocycles. The van der Waals surface area contributed by atoms with Crippen LogP contribution < -0.4 is 5.32 Å². The molecule has 1 N–H and O–H groups in total. The summed E-state index contributed by atoms with van der Waals surface area (Å²) in [7, 11) is -3.80. The average Bonchev–Trinajstić information content (AvgIpc) is 3.26. The van der Waals surface area contributed by atoms with E-state index < -0.39 is 21.8 Å². The van der Waals surface area contributed by atoms with Crippen LogP contribution in [0.2, 0.25) is 0 Å². The van der Waals surface area contributed by atoms with Crippen LogP contribution in [0.5, 0.6) is 0 Å². The number of nitrogens with one attached hydrogen (secondary N) is 1. The molecule has 4 rings (SSSR count). The fraction of sp³-hybridized carbons (Fsp3) is 0.409. The van der Waals surface area contributed by atoms with Gasteiger partial charge in [0.05, 0.1) is 16.9 Å². The Morgan fingerprint density at radius 1 is 1.24 bits per heavy atom. The number of amides is 1. The zero-order valence-electron chi connectivity index (χ0n) is 18.2. The van der Waals surface area contributed by atoms with Crippen molar-refractivity contribution in [1.82, 2.24) is 24.2 Å². The summed E-state index contributed by atoms with van der Waals surface area (Å²) in [6.45, 7) is 0.412. The van der Waals surface area contributed by atoms with Gasteiger partial charge in [-0.25, -0.2) is 12.8 Å². The standard InChI is InChI=1S/C22H26FN5O3S2/c1-32-14-11-19(21-26-25-20-6-2-3-13-28(20)21)24-22(29)16-5-4-12-27(15-16)33(30,31)18-9-7-17(23)8-10-18/h2-3,6-10,13,16,19H,4-5,11-12,14-15H2,1H3,(H,24,29). The molecule has 8 nitrogen and oxygen atoms in total. The van der Waals surface area contributed by atoms with Crippen LogP contribution in [0.15, 0.2) is 53.6 Å². The Labute approximate surface area is 196 Å². The van der Waals surface area contributed by atoms with E-state index in [1.165, 1.54) is 16.4 Å². The number of rotatable bonds is 8. The first-order valence-corrected chi connectivity index (χ1v) is 13.6. The topological polar surface area (TPSA) is 96.7 Å².